The second kappa shape index (κ2) is 20.0. The highest BCUT2D eigenvalue weighted by molar-refractivity contribution is 7.84. The lowest BCUT2D eigenvalue weighted by Gasteiger charge is -2.43. The average molecular weight is 979 g/mol. The molecule has 22 nitrogen and oxygen atoms in total. The molecule has 0 radical (unpaired) electrons. The van der Waals surface area contributed by atoms with Crippen molar-refractivity contribution in [2.45, 2.75) is 121 Å². The number of ether oxygens (including phenoxy) is 3. The number of nitrogens with zero attached hydrogens (tertiary/aromatic N) is 7. The van der Waals surface area contributed by atoms with Crippen LogP contribution in [-0.2, 0) is 56.8 Å². The monoisotopic (exact) mass is 978 g/mol. The Hall–Kier alpha value is -6.50. The SMILES string of the molecule is CC(C)(C)OC(=O)Nc1nc(C(=NOC2(C(=O)OC(c3ccccc3)c3ccccc3)CC2)C(=O)N[C@@H]2C(=O)N(S(=O)(=O)O)[C@@H]2Cn2ncc(CN3CCC(NC(=O)OC(C)(C)C)CC3)n2)cs1. The van der Waals surface area contributed by atoms with E-state index in [-0.39, 0.29) is 40.6 Å². The third-order valence-corrected chi connectivity index (χ3v) is 12.4. The van der Waals surface area contributed by atoms with Crippen molar-refractivity contribution in [3.63, 3.8) is 0 Å². The molecule has 3 fully saturated rings. The van der Waals surface area contributed by atoms with Gasteiger partial charge in [-0.2, -0.15) is 23.4 Å². The Morgan fingerprint density at radius 3 is 2.09 bits per heavy atom. The summed E-state index contributed by atoms with van der Waals surface area (Å²) in [6, 6.07) is 15.2. The lowest BCUT2D eigenvalue weighted by Crippen LogP contribution is -2.73. The molecule has 2 aromatic carbocycles. The number of aromatic nitrogens is 4. The average Bonchev–Trinajstić information content (AvgIpc) is 3.70. The number of carbonyl (C=O) groups excluding carboxylic acids is 5. The third kappa shape index (κ3) is 12.7. The number of amides is 4. The van der Waals surface area contributed by atoms with E-state index in [4.69, 9.17) is 19.0 Å². The number of β-lactam (4-membered cyclic amide) rings is 1. The minimum atomic E-state index is -5.12. The molecule has 7 rings (SSSR count). The minimum absolute atomic E-state index is 0.00130. The first-order valence-electron chi connectivity index (χ1n) is 21.8. The van der Waals surface area contributed by atoms with Gasteiger partial charge >= 0.3 is 28.5 Å². The summed E-state index contributed by atoms with van der Waals surface area (Å²) in [4.78, 5) is 79.8. The number of carbonyl (C=O) groups is 5. The van der Waals surface area contributed by atoms with Gasteiger partial charge in [0, 0.05) is 43.9 Å². The smallest absolute Gasteiger partial charge is 0.413 e. The van der Waals surface area contributed by atoms with Crippen molar-refractivity contribution in [1.29, 1.82) is 0 Å². The molecule has 4 heterocycles. The van der Waals surface area contributed by atoms with Gasteiger partial charge in [0.15, 0.2) is 16.9 Å². The van der Waals surface area contributed by atoms with E-state index in [9.17, 15) is 36.9 Å². The third-order valence-electron chi connectivity index (χ3n) is 10.7. The van der Waals surface area contributed by atoms with Crippen LogP contribution in [0.25, 0.3) is 0 Å². The quantitative estimate of drug-likeness (QED) is 0.0303. The van der Waals surface area contributed by atoms with E-state index in [2.05, 4.69) is 41.2 Å². The topological polar surface area (TPSA) is 275 Å². The fraction of sp³-hybridized carbons (Fsp3) is 0.477. The number of rotatable bonds is 16. The van der Waals surface area contributed by atoms with Crippen LogP contribution in [0.2, 0.25) is 0 Å². The van der Waals surface area contributed by atoms with Crippen molar-refractivity contribution >= 4 is 62.5 Å². The lowest BCUT2D eigenvalue weighted by molar-refractivity contribution is -0.164. The fourth-order valence-corrected chi connectivity index (χ4v) is 8.92. The van der Waals surface area contributed by atoms with E-state index in [1.807, 2.05) is 60.7 Å². The number of alkyl carbamates (subject to hydrolysis) is 1. The van der Waals surface area contributed by atoms with E-state index >= 15 is 0 Å². The summed E-state index contributed by atoms with van der Waals surface area (Å²) in [6.45, 7) is 11.6. The minimum Gasteiger partial charge on any atom is -0.450 e. The number of hydrogen-bond acceptors (Lipinski definition) is 17. The number of benzene rings is 2. The lowest BCUT2D eigenvalue weighted by atomic mass is 9.98. The summed E-state index contributed by atoms with van der Waals surface area (Å²) in [5.74, 6) is -3.00. The molecule has 24 heteroatoms. The second-order valence-electron chi connectivity index (χ2n) is 18.5. The van der Waals surface area contributed by atoms with Gasteiger partial charge in [0.05, 0.1) is 18.4 Å². The van der Waals surface area contributed by atoms with E-state index in [0.29, 0.717) is 49.3 Å². The maximum absolute atomic E-state index is 14.2. The van der Waals surface area contributed by atoms with Crippen molar-refractivity contribution in [2.24, 2.45) is 5.16 Å². The number of piperidine rings is 1. The van der Waals surface area contributed by atoms with Crippen LogP contribution in [0.5, 0.6) is 0 Å². The van der Waals surface area contributed by atoms with Crippen LogP contribution in [-0.4, -0.2) is 126 Å². The fourth-order valence-electron chi connectivity index (χ4n) is 7.36. The first-order chi connectivity index (χ1) is 32.1. The van der Waals surface area contributed by atoms with Crippen LogP contribution in [0.3, 0.4) is 0 Å². The Labute approximate surface area is 396 Å². The normalized spacial score (nSPS) is 18.9. The molecular weight excluding hydrogens is 925 g/mol. The van der Waals surface area contributed by atoms with E-state index in [1.165, 1.54) is 11.6 Å². The van der Waals surface area contributed by atoms with Crippen LogP contribution in [0.4, 0.5) is 14.7 Å². The highest BCUT2D eigenvalue weighted by Gasteiger charge is 2.57. The van der Waals surface area contributed by atoms with E-state index in [0.717, 1.165) is 16.1 Å². The number of likely N-dealkylation sites (tertiary alicyclic amines) is 1. The Balaban J connectivity index is 1.07. The van der Waals surface area contributed by atoms with Crippen LogP contribution in [0, 0.1) is 0 Å². The molecule has 4 amide bonds. The van der Waals surface area contributed by atoms with Gasteiger partial charge in [-0.25, -0.2) is 23.7 Å². The van der Waals surface area contributed by atoms with Crippen molar-refractivity contribution < 1.29 is 56.0 Å². The largest absolute Gasteiger partial charge is 0.450 e. The molecule has 2 aliphatic heterocycles. The molecule has 4 aromatic rings. The number of anilines is 1. The Bertz CT molecular complexity index is 2580. The number of esters is 1. The molecular formula is C44H54N10O12S2. The molecule has 1 aliphatic carbocycles. The Morgan fingerprint density at radius 2 is 1.51 bits per heavy atom. The zero-order chi connectivity index (χ0) is 49.0. The summed E-state index contributed by atoms with van der Waals surface area (Å²) < 4.78 is 52.0. The summed E-state index contributed by atoms with van der Waals surface area (Å²) in [5, 5.41) is 22.1. The van der Waals surface area contributed by atoms with Crippen LogP contribution >= 0.6 is 11.3 Å². The summed E-state index contributed by atoms with van der Waals surface area (Å²) >= 11 is 0.909. The van der Waals surface area contributed by atoms with Crippen LogP contribution in [0.15, 0.2) is 77.4 Å². The Kier molecular flexibility index (Phi) is 14.5. The number of thiazole rings is 1. The molecule has 0 bridgehead atoms. The van der Waals surface area contributed by atoms with Gasteiger partial charge in [-0.1, -0.05) is 65.8 Å². The van der Waals surface area contributed by atoms with Crippen molar-refractivity contribution in [3.8, 4) is 0 Å². The molecule has 2 saturated heterocycles. The Morgan fingerprint density at radius 1 is 0.912 bits per heavy atom. The second-order valence-corrected chi connectivity index (χ2v) is 20.7. The zero-order valence-corrected chi connectivity index (χ0v) is 39.9. The maximum atomic E-state index is 14.2. The number of nitrogens with one attached hydrogen (secondary N) is 3. The predicted molar refractivity (Wildman–Crippen MR) is 244 cm³/mol. The van der Waals surface area contributed by atoms with Gasteiger partial charge in [0.2, 0.25) is 5.60 Å². The van der Waals surface area contributed by atoms with E-state index < -0.39 is 81.0 Å². The highest BCUT2D eigenvalue weighted by Crippen LogP contribution is 2.43. The van der Waals surface area contributed by atoms with Gasteiger partial charge in [0.1, 0.15) is 29.0 Å². The molecule has 68 heavy (non-hydrogen) atoms. The first kappa shape index (κ1) is 49.4. The van der Waals surface area contributed by atoms with Crippen molar-refractivity contribution in [3.05, 3.63) is 94.8 Å². The molecule has 2 aromatic heterocycles. The number of oxime groups is 1. The van der Waals surface area contributed by atoms with Crippen LogP contribution < -0.4 is 16.0 Å². The molecule has 0 unspecified atom stereocenters. The van der Waals surface area contributed by atoms with Gasteiger partial charge in [-0.05, 0) is 65.5 Å². The molecule has 1 saturated carbocycles. The number of hydrogen-bond donors (Lipinski definition) is 4. The summed E-state index contributed by atoms with van der Waals surface area (Å²) in [7, 11) is -5.12. The highest BCUT2D eigenvalue weighted by atomic mass is 32.2. The summed E-state index contributed by atoms with van der Waals surface area (Å²) in [6.07, 6.45) is 1.04. The maximum Gasteiger partial charge on any atom is 0.413 e. The van der Waals surface area contributed by atoms with Gasteiger partial charge in [-0.3, -0.25) is 24.4 Å². The molecule has 0 spiro atoms. The molecule has 4 N–H and O–H groups in total. The van der Waals surface area contributed by atoms with Crippen molar-refractivity contribution in [2.75, 3.05) is 18.4 Å². The molecule has 364 valence electrons. The van der Waals surface area contributed by atoms with Crippen molar-refractivity contribution in [1.82, 2.24) is 39.8 Å². The first-order valence-corrected chi connectivity index (χ1v) is 24.1. The van der Waals surface area contributed by atoms with Gasteiger partial charge in [-0.15, -0.1) is 11.3 Å². The van der Waals surface area contributed by atoms with E-state index in [1.54, 1.807) is 41.5 Å². The summed E-state index contributed by atoms with van der Waals surface area (Å²) in [5.41, 5.74) is -1.83. The van der Waals surface area contributed by atoms with Crippen LogP contribution in [0.1, 0.15) is 95.8 Å². The zero-order valence-electron chi connectivity index (χ0n) is 38.3. The van der Waals surface area contributed by atoms with Gasteiger partial charge in [0.25, 0.3) is 11.8 Å². The van der Waals surface area contributed by atoms with Gasteiger partial charge < -0.3 is 29.7 Å². The molecule has 2 atom stereocenters. The standard InChI is InChI=1S/C44H54N10O12S2/c1-42(2,3)64-40(58)46-29-17-21-52(22-18-29)24-30-23-45-53(50-30)25-32-34(37(56)54(32)68(60,61)62)48-36(55)33(31-26-67-39(47-31)49-41(59)65-43(4,5)6)51-66-44(19-20-44)38(57)63-35(27-13-9-7-10-14-27)28-15-11-8-12-16-28/h7-16,23,26,29,32,34-35H,17-22,24-25H2,1-6H3,(H,46,58)(H,48,55)(H,47,49,59)(H,60,61,62)/t32-,34+/m1/s1. The predicted octanol–water partition coefficient (Wildman–Crippen LogP) is 4.36. The molecule has 3 aliphatic rings.